The van der Waals surface area contributed by atoms with Gasteiger partial charge in [-0.3, -0.25) is 4.79 Å². The molecule has 0 spiro atoms. The smallest absolute Gasteiger partial charge is 0.255 e. The fourth-order valence-corrected chi connectivity index (χ4v) is 2.11. The molecule has 2 aromatic rings. The molecule has 0 aliphatic carbocycles. The van der Waals surface area contributed by atoms with Gasteiger partial charge in [0.05, 0.1) is 9.26 Å². The molecule has 0 saturated heterocycles. The van der Waals surface area contributed by atoms with Gasteiger partial charge in [-0.1, -0.05) is 24.3 Å². The minimum absolute atomic E-state index is 0.225. The van der Waals surface area contributed by atoms with Gasteiger partial charge in [-0.05, 0) is 53.3 Å². The molecule has 0 aliphatic rings. The molecule has 0 fully saturated rings. The molecule has 2 rings (SSSR count). The summed E-state index contributed by atoms with van der Waals surface area (Å²) >= 11 is 1.88. The molecular weight excluding hydrogens is 344 g/mol. The third kappa shape index (κ3) is 2.69. The Morgan fingerprint density at radius 1 is 1.17 bits per heavy atom. The number of amides is 1. The predicted octanol–water partition coefficient (Wildman–Crippen LogP) is 3.99. The first-order valence-corrected chi connectivity index (χ1v) is 6.48. The van der Waals surface area contributed by atoms with Gasteiger partial charge in [0.25, 0.3) is 5.91 Å². The lowest BCUT2D eigenvalue weighted by atomic mass is 10.1. The normalized spacial score (nSPS) is 10.2. The number of hydrogen-bond donors (Lipinski definition) is 1. The van der Waals surface area contributed by atoms with Crippen molar-refractivity contribution >= 4 is 34.2 Å². The Labute approximate surface area is 118 Å². The maximum absolute atomic E-state index is 13.4. The van der Waals surface area contributed by atoms with E-state index in [9.17, 15) is 9.18 Å². The van der Waals surface area contributed by atoms with Crippen molar-refractivity contribution in [3.05, 3.63) is 63.0 Å². The molecule has 4 heteroatoms. The van der Waals surface area contributed by atoms with Crippen LogP contribution in [0.2, 0.25) is 0 Å². The topological polar surface area (TPSA) is 29.1 Å². The molecule has 0 aromatic heterocycles. The van der Waals surface area contributed by atoms with Crippen LogP contribution in [0.15, 0.2) is 42.5 Å². The molecule has 1 amide bonds. The molecule has 0 bridgehead atoms. The van der Waals surface area contributed by atoms with Gasteiger partial charge in [-0.2, -0.15) is 0 Å². The van der Waals surface area contributed by atoms with Crippen molar-refractivity contribution in [2.24, 2.45) is 0 Å². The average Bonchev–Trinajstić information content (AvgIpc) is 2.35. The lowest BCUT2D eigenvalue weighted by Gasteiger charge is -2.09. The fourth-order valence-electron chi connectivity index (χ4n) is 1.62. The highest BCUT2D eigenvalue weighted by Gasteiger charge is 2.11. The van der Waals surface area contributed by atoms with Gasteiger partial charge in [0, 0.05) is 5.56 Å². The number of hydrogen-bond acceptors (Lipinski definition) is 1. The molecule has 0 aliphatic heterocycles. The Bertz CT molecular complexity index is 598. The Morgan fingerprint density at radius 3 is 2.61 bits per heavy atom. The standard InChI is InChI=1S/C14H11FINO/c1-9-5-2-3-6-10(9)14(18)17-12-8-4-7-11(15)13(12)16/h2-8H,1H3,(H,17,18). The van der Waals surface area contributed by atoms with Crippen molar-refractivity contribution in [1.29, 1.82) is 0 Å². The van der Waals surface area contributed by atoms with Gasteiger partial charge in [-0.25, -0.2) is 4.39 Å². The first-order chi connectivity index (χ1) is 8.59. The zero-order chi connectivity index (χ0) is 13.1. The lowest BCUT2D eigenvalue weighted by Crippen LogP contribution is -2.14. The van der Waals surface area contributed by atoms with E-state index in [-0.39, 0.29) is 11.7 Å². The average molecular weight is 355 g/mol. The Balaban J connectivity index is 2.27. The molecule has 92 valence electrons. The zero-order valence-corrected chi connectivity index (χ0v) is 11.9. The van der Waals surface area contributed by atoms with E-state index in [2.05, 4.69) is 5.32 Å². The number of anilines is 1. The Kier molecular flexibility index (Phi) is 3.96. The number of aryl methyl sites for hydroxylation is 1. The fraction of sp³-hybridized carbons (Fsp3) is 0.0714. The molecule has 1 N–H and O–H groups in total. The minimum atomic E-state index is -0.335. The summed E-state index contributed by atoms with van der Waals surface area (Å²) in [5.41, 5.74) is 1.97. The summed E-state index contributed by atoms with van der Waals surface area (Å²) in [5, 5.41) is 2.72. The van der Waals surface area contributed by atoms with E-state index in [0.717, 1.165) is 5.56 Å². The number of carbonyl (C=O) groups excluding carboxylic acids is 1. The van der Waals surface area contributed by atoms with Crippen LogP contribution in [-0.2, 0) is 0 Å². The first kappa shape index (κ1) is 13.0. The molecule has 0 radical (unpaired) electrons. The number of carbonyl (C=O) groups is 1. The van der Waals surface area contributed by atoms with Gasteiger partial charge in [0.2, 0.25) is 0 Å². The van der Waals surface area contributed by atoms with Crippen LogP contribution < -0.4 is 5.32 Å². The maximum atomic E-state index is 13.4. The highest BCUT2D eigenvalue weighted by molar-refractivity contribution is 14.1. The summed E-state index contributed by atoms with van der Waals surface area (Å²) in [6, 6.07) is 11.9. The summed E-state index contributed by atoms with van der Waals surface area (Å²) in [4.78, 5) is 12.1. The van der Waals surface area contributed by atoms with E-state index in [4.69, 9.17) is 0 Å². The van der Waals surface area contributed by atoms with Gasteiger partial charge in [0.1, 0.15) is 5.82 Å². The monoisotopic (exact) mass is 355 g/mol. The second kappa shape index (κ2) is 5.48. The van der Waals surface area contributed by atoms with E-state index in [1.165, 1.54) is 6.07 Å². The first-order valence-electron chi connectivity index (χ1n) is 5.40. The second-order valence-corrected chi connectivity index (χ2v) is 4.95. The van der Waals surface area contributed by atoms with Crippen molar-refractivity contribution in [2.45, 2.75) is 6.92 Å². The van der Waals surface area contributed by atoms with E-state index < -0.39 is 0 Å². The number of benzene rings is 2. The molecule has 0 heterocycles. The van der Waals surface area contributed by atoms with Crippen molar-refractivity contribution in [3.63, 3.8) is 0 Å². The molecule has 0 unspecified atom stereocenters. The van der Waals surface area contributed by atoms with Crippen LogP contribution in [0.5, 0.6) is 0 Å². The Hall–Kier alpha value is -1.43. The van der Waals surface area contributed by atoms with Gasteiger partial charge >= 0.3 is 0 Å². The number of halogens is 2. The quantitative estimate of drug-likeness (QED) is 0.811. The van der Waals surface area contributed by atoms with Crippen molar-refractivity contribution in [1.82, 2.24) is 0 Å². The molecule has 0 atom stereocenters. The van der Waals surface area contributed by atoms with E-state index >= 15 is 0 Å². The summed E-state index contributed by atoms with van der Waals surface area (Å²) in [5.74, 6) is -0.560. The SMILES string of the molecule is Cc1ccccc1C(=O)Nc1cccc(F)c1I. The predicted molar refractivity (Wildman–Crippen MR) is 78.2 cm³/mol. The van der Waals surface area contributed by atoms with Gasteiger partial charge in [-0.15, -0.1) is 0 Å². The molecule has 2 aromatic carbocycles. The van der Waals surface area contributed by atoms with Crippen LogP contribution in [0.25, 0.3) is 0 Å². The Morgan fingerprint density at radius 2 is 1.89 bits per heavy atom. The second-order valence-electron chi connectivity index (χ2n) is 3.87. The minimum Gasteiger partial charge on any atom is -0.321 e. The molecule has 18 heavy (non-hydrogen) atoms. The summed E-state index contributed by atoms with van der Waals surface area (Å²) < 4.78 is 13.8. The third-order valence-corrected chi connectivity index (χ3v) is 3.69. The highest BCUT2D eigenvalue weighted by atomic mass is 127. The summed E-state index contributed by atoms with van der Waals surface area (Å²) in [6.07, 6.45) is 0. The molecule has 2 nitrogen and oxygen atoms in total. The van der Waals surface area contributed by atoms with Crippen molar-refractivity contribution < 1.29 is 9.18 Å². The van der Waals surface area contributed by atoms with Crippen LogP contribution in [0.1, 0.15) is 15.9 Å². The lowest BCUT2D eigenvalue weighted by molar-refractivity contribution is 0.102. The molecular formula is C14H11FINO. The maximum Gasteiger partial charge on any atom is 0.255 e. The van der Waals surface area contributed by atoms with E-state index in [1.807, 2.05) is 41.6 Å². The zero-order valence-electron chi connectivity index (χ0n) is 9.71. The summed E-state index contributed by atoms with van der Waals surface area (Å²) in [6.45, 7) is 1.87. The van der Waals surface area contributed by atoms with Gasteiger partial charge < -0.3 is 5.32 Å². The van der Waals surface area contributed by atoms with Crippen LogP contribution >= 0.6 is 22.6 Å². The number of nitrogens with one attached hydrogen (secondary N) is 1. The van der Waals surface area contributed by atoms with Crippen molar-refractivity contribution in [2.75, 3.05) is 5.32 Å². The highest BCUT2D eigenvalue weighted by Crippen LogP contribution is 2.21. The molecule has 0 saturated carbocycles. The van der Waals surface area contributed by atoms with Crippen LogP contribution in [-0.4, -0.2) is 5.91 Å². The van der Waals surface area contributed by atoms with Crippen LogP contribution in [0.3, 0.4) is 0 Å². The van der Waals surface area contributed by atoms with E-state index in [1.54, 1.807) is 24.3 Å². The van der Waals surface area contributed by atoms with Crippen LogP contribution in [0.4, 0.5) is 10.1 Å². The largest absolute Gasteiger partial charge is 0.321 e. The van der Waals surface area contributed by atoms with Crippen LogP contribution in [0, 0.1) is 16.3 Å². The van der Waals surface area contributed by atoms with Gasteiger partial charge in [0.15, 0.2) is 0 Å². The summed E-state index contributed by atoms with van der Waals surface area (Å²) in [7, 11) is 0. The van der Waals surface area contributed by atoms with Crippen molar-refractivity contribution in [3.8, 4) is 0 Å². The number of rotatable bonds is 2. The third-order valence-electron chi connectivity index (χ3n) is 2.59. The van der Waals surface area contributed by atoms with E-state index in [0.29, 0.717) is 14.8 Å².